The molecule has 4 atom stereocenters. The van der Waals surface area contributed by atoms with Crippen molar-refractivity contribution in [1.82, 2.24) is 5.32 Å². The van der Waals surface area contributed by atoms with E-state index in [9.17, 15) is 18.0 Å². The highest BCUT2D eigenvalue weighted by molar-refractivity contribution is 7.90. The Kier molecular flexibility index (Phi) is 6.44. The largest absolute Gasteiger partial charge is 0.449 e. The van der Waals surface area contributed by atoms with E-state index in [0.29, 0.717) is 11.8 Å². The number of carbonyl (C=O) groups is 2. The molecule has 144 valence electrons. The molecule has 0 radical (unpaired) electrons. The molecule has 1 fully saturated rings. The number of nitrogens with one attached hydrogen (secondary N) is 1. The minimum Gasteiger partial charge on any atom is -0.449 e. The highest BCUT2D eigenvalue weighted by Crippen LogP contribution is 2.29. The van der Waals surface area contributed by atoms with Gasteiger partial charge in [0.1, 0.15) is 0 Å². The first-order chi connectivity index (χ1) is 12.1. The molecular weight excluding hydrogens is 354 g/mol. The molecule has 1 aliphatic rings. The Bertz CT molecular complexity index is 757. The second kappa shape index (κ2) is 8.20. The number of esters is 1. The summed E-state index contributed by atoms with van der Waals surface area (Å²) in [5.74, 6) is -0.0192. The molecule has 1 aromatic carbocycles. The molecule has 1 aliphatic carbocycles. The van der Waals surface area contributed by atoms with Crippen molar-refractivity contribution >= 4 is 21.7 Å². The van der Waals surface area contributed by atoms with Gasteiger partial charge < -0.3 is 10.1 Å². The van der Waals surface area contributed by atoms with Crippen LogP contribution in [0.4, 0.5) is 0 Å². The molecule has 0 bridgehead atoms. The zero-order valence-electron chi connectivity index (χ0n) is 15.7. The van der Waals surface area contributed by atoms with Crippen LogP contribution in [0.15, 0.2) is 29.2 Å². The fraction of sp³-hybridized carbons (Fsp3) is 0.579. The van der Waals surface area contributed by atoms with Crippen LogP contribution in [0.5, 0.6) is 0 Å². The minimum absolute atomic E-state index is 0.0986. The molecule has 0 aliphatic heterocycles. The van der Waals surface area contributed by atoms with Gasteiger partial charge in [0.25, 0.3) is 5.91 Å². The number of sulfone groups is 1. The third kappa shape index (κ3) is 5.06. The maximum Gasteiger partial charge on any atom is 0.338 e. The molecule has 2 rings (SSSR count). The third-order valence-corrected chi connectivity index (χ3v) is 6.33. The molecule has 1 N–H and O–H groups in total. The highest BCUT2D eigenvalue weighted by atomic mass is 32.2. The molecule has 1 saturated carbocycles. The molecule has 0 unspecified atom stereocenters. The lowest BCUT2D eigenvalue weighted by Gasteiger charge is -2.35. The predicted molar refractivity (Wildman–Crippen MR) is 98.5 cm³/mol. The average Bonchev–Trinajstić information content (AvgIpc) is 2.58. The van der Waals surface area contributed by atoms with E-state index in [1.54, 1.807) is 0 Å². The van der Waals surface area contributed by atoms with Crippen LogP contribution in [-0.4, -0.2) is 38.7 Å². The van der Waals surface area contributed by atoms with Gasteiger partial charge in [-0.1, -0.05) is 26.7 Å². The molecule has 0 heterocycles. The van der Waals surface area contributed by atoms with Gasteiger partial charge in [-0.05, 0) is 49.4 Å². The van der Waals surface area contributed by atoms with Crippen molar-refractivity contribution in [1.29, 1.82) is 0 Å². The molecule has 6 nitrogen and oxygen atoms in total. The molecule has 0 spiro atoms. The van der Waals surface area contributed by atoms with Crippen LogP contribution in [0.1, 0.15) is 50.4 Å². The molecule has 1 aromatic rings. The van der Waals surface area contributed by atoms with Crippen molar-refractivity contribution in [3.05, 3.63) is 29.8 Å². The number of amides is 1. The maximum atomic E-state index is 12.3. The van der Waals surface area contributed by atoms with Crippen molar-refractivity contribution < 1.29 is 22.7 Å². The van der Waals surface area contributed by atoms with E-state index in [-0.39, 0.29) is 22.4 Å². The lowest BCUT2D eigenvalue weighted by molar-refractivity contribution is -0.130. The number of hydrogen-bond donors (Lipinski definition) is 1. The maximum absolute atomic E-state index is 12.3. The Hall–Kier alpha value is -1.89. The van der Waals surface area contributed by atoms with Gasteiger partial charge in [0.15, 0.2) is 15.9 Å². The first-order valence-electron chi connectivity index (χ1n) is 8.91. The first-order valence-corrected chi connectivity index (χ1v) is 10.8. The SMILES string of the molecule is C[C@@H]1[C@H](C)CCC[C@H]1NC(=O)[C@@H](C)OC(=O)c1ccc(S(C)(=O)=O)cc1. The van der Waals surface area contributed by atoms with E-state index in [0.717, 1.165) is 19.1 Å². The Balaban J connectivity index is 1.94. The average molecular weight is 381 g/mol. The number of carbonyl (C=O) groups excluding carboxylic acids is 2. The van der Waals surface area contributed by atoms with Gasteiger partial charge in [0.05, 0.1) is 10.5 Å². The molecule has 0 saturated heterocycles. The van der Waals surface area contributed by atoms with Gasteiger partial charge in [0.2, 0.25) is 0 Å². The lowest BCUT2D eigenvalue weighted by atomic mass is 9.78. The quantitative estimate of drug-likeness (QED) is 0.792. The molecular formula is C19H27NO5S. The molecule has 1 amide bonds. The summed E-state index contributed by atoms with van der Waals surface area (Å²) >= 11 is 0. The summed E-state index contributed by atoms with van der Waals surface area (Å²) in [6, 6.07) is 5.56. The number of ether oxygens (including phenoxy) is 1. The lowest BCUT2D eigenvalue weighted by Crippen LogP contribution is -2.47. The van der Waals surface area contributed by atoms with Gasteiger partial charge in [-0.15, -0.1) is 0 Å². The summed E-state index contributed by atoms with van der Waals surface area (Å²) in [6.45, 7) is 5.86. The van der Waals surface area contributed by atoms with Crippen molar-refractivity contribution in [3.8, 4) is 0 Å². The van der Waals surface area contributed by atoms with Crippen molar-refractivity contribution in [3.63, 3.8) is 0 Å². The van der Waals surface area contributed by atoms with Crippen LogP contribution in [-0.2, 0) is 19.4 Å². The Morgan fingerprint density at radius 2 is 1.77 bits per heavy atom. The Morgan fingerprint density at radius 3 is 2.35 bits per heavy atom. The summed E-state index contributed by atoms with van der Waals surface area (Å²) in [5, 5.41) is 2.99. The van der Waals surface area contributed by atoms with E-state index in [1.807, 2.05) is 0 Å². The number of benzene rings is 1. The third-order valence-electron chi connectivity index (χ3n) is 5.21. The fourth-order valence-corrected chi connectivity index (χ4v) is 3.84. The smallest absolute Gasteiger partial charge is 0.338 e. The van der Waals surface area contributed by atoms with Gasteiger partial charge in [-0.25, -0.2) is 13.2 Å². The normalized spacial score (nSPS) is 24.5. The minimum atomic E-state index is -3.32. The monoisotopic (exact) mass is 381 g/mol. The van der Waals surface area contributed by atoms with Gasteiger partial charge in [0, 0.05) is 12.3 Å². The number of hydrogen-bond acceptors (Lipinski definition) is 5. The van der Waals surface area contributed by atoms with Crippen molar-refractivity contribution in [2.75, 3.05) is 6.26 Å². The van der Waals surface area contributed by atoms with Crippen molar-refractivity contribution in [2.45, 2.75) is 57.1 Å². The Labute approximate surface area is 155 Å². The summed E-state index contributed by atoms with van der Waals surface area (Å²) in [4.78, 5) is 24.7. The van der Waals surface area contributed by atoms with E-state index in [1.165, 1.54) is 37.6 Å². The second-order valence-electron chi connectivity index (χ2n) is 7.23. The summed E-state index contributed by atoms with van der Waals surface area (Å²) in [7, 11) is -3.32. The van der Waals surface area contributed by atoms with Gasteiger partial charge in [-0.3, -0.25) is 4.79 Å². The van der Waals surface area contributed by atoms with Gasteiger partial charge >= 0.3 is 5.97 Å². The van der Waals surface area contributed by atoms with Crippen molar-refractivity contribution in [2.24, 2.45) is 11.8 Å². The van der Waals surface area contributed by atoms with Crippen LogP contribution in [0.3, 0.4) is 0 Å². The number of rotatable bonds is 5. The van der Waals surface area contributed by atoms with E-state index < -0.39 is 21.9 Å². The zero-order chi connectivity index (χ0) is 19.5. The summed E-state index contributed by atoms with van der Waals surface area (Å²) < 4.78 is 28.1. The van der Waals surface area contributed by atoms with E-state index in [2.05, 4.69) is 19.2 Å². The highest BCUT2D eigenvalue weighted by Gasteiger charge is 2.30. The zero-order valence-corrected chi connectivity index (χ0v) is 16.5. The summed E-state index contributed by atoms with van der Waals surface area (Å²) in [6.07, 6.45) is 3.37. The van der Waals surface area contributed by atoms with E-state index in [4.69, 9.17) is 4.74 Å². The van der Waals surface area contributed by atoms with Crippen LogP contribution in [0.25, 0.3) is 0 Å². The fourth-order valence-electron chi connectivity index (χ4n) is 3.21. The van der Waals surface area contributed by atoms with Crippen LogP contribution in [0, 0.1) is 11.8 Å². The predicted octanol–water partition coefficient (Wildman–Crippen LogP) is 2.58. The second-order valence-corrected chi connectivity index (χ2v) is 9.24. The van der Waals surface area contributed by atoms with Crippen LogP contribution >= 0.6 is 0 Å². The molecule has 0 aromatic heterocycles. The molecule has 7 heteroatoms. The topological polar surface area (TPSA) is 89.5 Å². The first kappa shape index (κ1) is 20.4. The standard InChI is InChI=1S/C19H27NO5S/c1-12-6-5-7-17(13(12)2)20-18(21)14(3)25-19(22)15-8-10-16(11-9-15)26(4,23)24/h8-14,17H,5-7H2,1-4H3,(H,20,21)/t12-,13-,14-,17-/m1/s1. The van der Waals surface area contributed by atoms with Gasteiger partial charge in [-0.2, -0.15) is 0 Å². The summed E-state index contributed by atoms with van der Waals surface area (Å²) in [5.41, 5.74) is 0.205. The van der Waals surface area contributed by atoms with Crippen LogP contribution < -0.4 is 5.32 Å². The van der Waals surface area contributed by atoms with E-state index >= 15 is 0 Å². The van der Waals surface area contributed by atoms with Crippen LogP contribution in [0.2, 0.25) is 0 Å². The molecule has 26 heavy (non-hydrogen) atoms. The Morgan fingerprint density at radius 1 is 1.15 bits per heavy atom.